The minimum absolute atomic E-state index is 2.88. The molecule has 0 rings (SSSR count). The van der Waals surface area contributed by atoms with Crippen LogP contribution in [0.2, 0.25) is 0 Å². The van der Waals surface area contributed by atoms with Crippen LogP contribution in [-0.2, 0) is 0.995 Å². The summed E-state index contributed by atoms with van der Waals surface area (Å²) in [5.41, 5.74) is 0. The van der Waals surface area contributed by atoms with Gasteiger partial charge in [-0.2, -0.15) is 0 Å². The van der Waals surface area contributed by atoms with E-state index in [0.29, 0.717) is 0 Å². The van der Waals surface area contributed by atoms with Crippen LogP contribution in [0.15, 0.2) is 0 Å². The van der Waals surface area contributed by atoms with Crippen molar-refractivity contribution in [1.82, 2.24) is 0 Å². The first kappa shape index (κ1) is 7.60. The van der Waals surface area contributed by atoms with Crippen molar-refractivity contribution >= 4 is 26.7 Å². The van der Waals surface area contributed by atoms with Gasteiger partial charge in [-0.3, -0.25) is 0 Å². The van der Waals surface area contributed by atoms with E-state index in [-0.39, 0.29) is 0 Å². The van der Waals surface area contributed by atoms with Crippen molar-refractivity contribution in [3.8, 4) is 0 Å². The van der Waals surface area contributed by atoms with Gasteiger partial charge in [0.05, 0.1) is 0 Å². The van der Waals surface area contributed by atoms with Gasteiger partial charge in [-0.1, -0.05) is 0 Å². The summed E-state index contributed by atoms with van der Waals surface area (Å²) in [6.07, 6.45) is 0. The quantitative estimate of drug-likeness (QED) is 0.615. The van der Waals surface area contributed by atoms with E-state index in [1.54, 1.807) is 0 Å². The van der Waals surface area contributed by atoms with Crippen LogP contribution in [0.4, 0.5) is 0 Å². The number of halogens is 3. The van der Waals surface area contributed by atoms with Gasteiger partial charge in [0.25, 0.3) is 0 Å². The maximum absolute atomic E-state index is 10.1. The second-order valence-electron chi connectivity index (χ2n) is 0.515. The normalized spacial score (nSPS) is 8.60. The van der Waals surface area contributed by atoms with Crippen molar-refractivity contribution < 1.29 is 24.8 Å². The van der Waals surface area contributed by atoms with Gasteiger partial charge in [0.15, 0.2) is 0 Å². The van der Waals surface area contributed by atoms with E-state index in [2.05, 4.69) is 26.7 Å². The van der Waals surface area contributed by atoms with Crippen LogP contribution in [0.5, 0.6) is 0 Å². The fourth-order valence-electron chi connectivity index (χ4n) is 0. The summed E-state index contributed by atoms with van der Waals surface area (Å²) >= 11 is -3.15. The molecule has 1 nitrogen and oxygen atoms in total. The van der Waals surface area contributed by atoms with E-state index >= 15 is 0 Å². The molecule has 5 heteroatoms. The zero-order chi connectivity index (χ0) is 4.50. The van der Waals surface area contributed by atoms with Crippen molar-refractivity contribution in [2.75, 3.05) is 0 Å². The van der Waals surface area contributed by atoms with E-state index in [4.69, 9.17) is 0 Å². The average molecular weight is 397 g/mol. The Hall–Kier alpha value is 2.60. The van der Waals surface area contributed by atoms with Crippen LogP contribution in [0.25, 0.3) is 0 Å². The molecule has 0 heterocycles. The van der Waals surface area contributed by atoms with Crippen molar-refractivity contribution in [3.05, 3.63) is 0 Å². The molecule has 0 fully saturated rings. The van der Waals surface area contributed by atoms with Crippen LogP contribution in [-0.4, -0.2) is 0 Å². The fourth-order valence-corrected chi connectivity index (χ4v) is 0. The molecule has 0 saturated carbocycles. The molecule has 0 aromatic rings. The van der Waals surface area contributed by atoms with Crippen molar-refractivity contribution in [3.63, 3.8) is 0 Å². The van der Waals surface area contributed by atoms with Crippen molar-refractivity contribution in [2.24, 2.45) is 0 Å². The summed E-state index contributed by atoms with van der Waals surface area (Å²) in [4.78, 5) is 0. The van der Waals surface area contributed by atoms with Gasteiger partial charge in [-0.15, -0.1) is 0 Å². The van der Waals surface area contributed by atoms with E-state index < -0.39 is 23.8 Å². The van der Waals surface area contributed by atoms with E-state index in [0.717, 1.165) is 0 Å². The Kier molecular flexibility index (Phi) is 4.26. The molecule has 0 amide bonds. The molecule has 0 spiro atoms. The van der Waals surface area contributed by atoms with Gasteiger partial charge in [-0.05, 0) is 0 Å². The third-order valence-corrected chi connectivity index (χ3v) is 0. The molecule has 0 saturated heterocycles. The molecule has 5 heavy (non-hydrogen) atoms. The topological polar surface area (TPSA) is 17.1 Å². The zero-order valence-corrected chi connectivity index (χ0v) is 10.6. The summed E-state index contributed by atoms with van der Waals surface area (Å²) in [7, 11) is 8.65. The third kappa shape index (κ3) is 20.6. The van der Waals surface area contributed by atoms with Crippen LogP contribution < -0.4 is 0 Å². The Balaban J connectivity index is 3.47. The van der Waals surface area contributed by atoms with Gasteiger partial charge < -0.3 is 0 Å². The number of hydrogen-bond donors (Lipinski definition) is 0. The Morgan fingerprint density at radius 1 is 1.20 bits per heavy atom. The molecule has 0 radical (unpaired) electrons. The van der Waals surface area contributed by atoms with Gasteiger partial charge in [0, 0.05) is 0 Å². The number of hydrogen-bond acceptors (Lipinski definition) is 1. The second kappa shape index (κ2) is 2.80. The average Bonchev–Trinajstić information content (AvgIpc) is 0.722. The molecular formula is Br3OPr. The SMILES string of the molecule is [O]=[Pr]([Br])([Br])[Br]. The standard InChI is InChI=1S/3BrH.O.Pr/h3*1H;;/q;;;;+3/p-3. The third-order valence-electron chi connectivity index (χ3n) is 0. The Bertz CT molecular complexity index is 53.0. The summed E-state index contributed by atoms with van der Waals surface area (Å²) in [6, 6.07) is 0. The summed E-state index contributed by atoms with van der Waals surface area (Å²) < 4.78 is 10.1. The molecule has 0 aliphatic heterocycles. The predicted octanol–water partition coefficient (Wildman–Crippen LogP) is 2.42. The molecule has 0 bridgehead atoms. The molecule has 0 aromatic carbocycles. The first-order valence-electron chi connectivity index (χ1n) is 0.890. The van der Waals surface area contributed by atoms with Crippen molar-refractivity contribution in [1.29, 1.82) is 0 Å². The van der Waals surface area contributed by atoms with Gasteiger partial charge in [0.1, 0.15) is 0 Å². The summed E-state index contributed by atoms with van der Waals surface area (Å²) in [5, 5.41) is 0. The van der Waals surface area contributed by atoms with Crippen molar-refractivity contribution in [2.45, 2.75) is 0 Å². The zero-order valence-electron chi connectivity index (χ0n) is 2.12. The van der Waals surface area contributed by atoms with Gasteiger partial charge in [-0.25, -0.2) is 0 Å². The summed E-state index contributed by atoms with van der Waals surface area (Å²) in [5.74, 6) is 0. The summed E-state index contributed by atoms with van der Waals surface area (Å²) in [6.45, 7) is 0. The first-order chi connectivity index (χ1) is 2.00. The molecule has 0 unspecified atom stereocenters. The minimum atomic E-state index is -3.15. The van der Waals surface area contributed by atoms with E-state index in [1.165, 1.54) is 0 Å². The van der Waals surface area contributed by atoms with Crippen LogP contribution >= 0.6 is 26.7 Å². The molecular weight excluding hydrogens is 397 g/mol. The molecule has 0 aliphatic carbocycles. The molecule has 30 valence electrons. The monoisotopic (exact) mass is 394 g/mol. The molecule has 0 N–H and O–H groups in total. The predicted molar refractivity (Wildman–Crippen MR) is 27.5 cm³/mol. The Labute approximate surface area is 49.6 Å². The fraction of sp³-hybridized carbons (Fsp3) is 0. The Morgan fingerprint density at radius 3 is 1.20 bits per heavy atom. The van der Waals surface area contributed by atoms with E-state index in [9.17, 15) is 0.995 Å². The van der Waals surface area contributed by atoms with Crippen LogP contribution in [0.3, 0.4) is 0 Å². The molecule has 0 atom stereocenters. The number of rotatable bonds is 0. The molecule has 0 aromatic heterocycles. The van der Waals surface area contributed by atoms with Gasteiger partial charge >= 0.3 is 51.5 Å². The second-order valence-corrected chi connectivity index (χ2v) is 59.8. The maximum atomic E-state index is 10.1. The van der Waals surface area contributed by atoms with Crippen LogP contribution in [0.1, 0.15) is 0 Å². The Morgan fingerprint density at radius 2 is 1.20 bits per heavy atom. The van der Waals surface area contributed by atoms with Gasteiger partial charge in [0.2, 0.25) is 0 Å². The molecule has 0 aliphatic rings. The first-order valence-corrected chi connectivity index (χ1v) is 27.0. The van der Waals surface area contributed by atoms with Crippen LogP contribution in [0, 0.1) is 23.8 Å². The van der Waals surface area contributed by atoms with E-state index in [1.807, 2.05) is 0 Å².